The number of methoxy groups -OCH3 is 1. The number of nitrogens with zero attached hydrogens (tertiary/aromatic N) is 1. The summed E-state index contributed by atoms with van der Waals surface area (Å²) in [4.78, 5) is 36.3. The van der Waals surface area contributed by atoms with Crippen LogP contribution in [-0.2, 0) is 19.1 Å². The molecule has 3 amide bonds. The van der Waals surface area contributed by atoms with Crippen molar-refractivity contribution in [2.24, 2.45) is 0 Å². The molecule has 1 rings (SSSR count). The van der Waals surface area contributed by atoms with Gasteiger partial charge in [0.25, 0.3) is 0 Å². The van der Waals surface area contributed by atoms with Crippen molar-refractivity contribution in [1.29, 1.82) is 0 Å². The van der Waals surface area contributed by atoms with Crippen LogP contribution in [0.4, 0.5) is 4.79 Å². The van der Waals surface area contributed by atoms with Crippen LogP contribution in [0.2, 0.25) is 0 Å². The summed E-state index contributed by atoms with van der Waals surface area (Å²) in [7, 11) is 2.91. The van der Waals surface area contributed by atoms with Crippen molar-refractivity contribution < 1.29 is 29.0 Å². The number of nitrogens with one attached hydrogen (secondary N) is 2. The Morgan fingerprint density at radius 2 is 2.19 bits per heavy atom. The molecule has 0 aromatic rings. The van der Waals surface area contributed by atoms with Gasteiger partial charge in [-0.2, -0.15) is 0 Å². The first-order valence-electron chi connectivity index (χ1n) is 6.59. The third kappa shape index (κ3) is 4.87. The molecule has 1 fully saturated rings. The lowest BCUT2D eigenvalue weighted by Crippen LogP contribution is -2.59. The Hall–Kier alpha value is -1.87. The van der Waals surface area contributed by atoms with Gasteiger partial charge in [0.1, 0.15) is 12.1 Å². The van der Waals surface area contributed by atoms with E-state index >= 15 is 0 Å². The van der Waals surface area contributed by atoms with E-state index in [0.717, 1.165) is 0 Å². The van der Waals surface area contributed by atoms with Gasteiger partial charge in [-0.15, -0.1) is 0 Å². The van der Waals surface area contributed by atoms with E-state index < -0.39 is 24.1 Å². The largest absolute Gasteiger partial charge is 0.480 e. The quantitative estimate of drug-likeness (QED) is 0.557. The molecule has 1 aliphatic heterocycles. The Balaban J connectivity index is 2.69. The first-order valence-corrected chi connectivity index (χ1v) is 6.59. The topological polar surface area (TPSA) is 117 Å². The molecule has 1 heterocycles. The van der Waals surface area contributed by atoms with Gasteiger partial charge in [-0.1, -0.05) is 0 Å². The molecule has 3 N–H and O–H groups in total. The van der Waals surface area contributed by atoms with Gasteiger partial charge >= 0.3 is 12.0 Å². The van der Waals surface area contributed by atoms with Crippen molar-refractivity contribution in [2.45, 2.75) is 18.5 Å². The molecule has 0 saturated carbocycles. The second kappa shape index (κ2) is 8.42. The maximum absolute atomic E-state index is 12.2. The molecule has 0 bridgehead atoms. The van der Waals surface area contributed by atoms with Gasteiger partial charge in [0.05, 0.1) is 13.2 Å². The molecule has 0 spiro atoms. The van der Waals surface area contributed by atoms with E-state index in [4.69, 9.17) is 14.6 Å². The lowest BCUT2D eigenvalue weighted by Gasteiger charge is -2.34. The Kier molecular flexibility index (Phi) is 6.89. The minimum absolute atomic E-state index is 0.0862. The van der Waals surface area contributed by atoms with Crippen LogP contribution < -0.4 is 10.6 Å². The number of morpholine rings is 1. The first-order chi connectivity index (χ1) is 10.0. The fraction of sp³-hybridized carbons (Fsp3) is 0.750. The predicted octanol–water partition coefficient (Wildman–Crippen LogP) is -1.37. The van der Waals surface area contributed by atoms with E-state index in [-0.39, 0.29) is 32.1 Å². The van der Waals surface area contributed by atoms with Crippen molar-refractivity contribution >= 4 is 17.9 Å². The summed E-state index contributed by atoms with van der Waals surface area (Å²) in [6.07, 6.45) is 0.145. The van der Waals surface area contributed by atoms with Crippen LogP contribution in [0.1, 0.15) is 6.42 Å². The van der Waals surface area contributed by atoms with Crippen LogP contribution in [0.5, 0.6) is 0 Å². The third-order valence-corrected chi connectivity index (χ3v) is 3.14. The van der Waals surface area contributed by atoms with Gasteiger partial charge < -0.3 is 30.1 Å². The maximum Gasteiger partial charge on any atom is 0.326 e. The lowest BCUT2D eigenvalue weighted by atomic mass is 10.2. The monoisotopic (exact) mass is 303 g/mol. The van der Waals surface area contributed by atoms with E-state index in [9.17, 15) is 14.4 Å². The number of carboxylic acids is 1. The highest BCUT2D eigenvalue weighted by Gasteiger charge is 2.34. The van der Waals surface area contributed by atoms with Gasteiger partial charge in [0, 0.05) is 33.7 Å². The Bertz CT molecular complexity index is 389. The number of likely N-dealkylation sites (N-methyl/N-ethyl adjacent to an activating group) is 1. The Labute approximate surface area is 122 Å². The molecule has 0 aromatic carbocycles. The smallest absolute Gasteiger partial charge is 0.326 e. The minimum Gasteiger partial charge on any atom is -0.480 e. The van der Waals surface area contributed by atoms with Gasteiger partial charge in [0.2, 0.25) is 5.91 Å². The van der Waals surface area contributed by atoms with Crippen molar-refractivity contribution in [3.8, 4) is 0 Å². The number of carbonyl (C=O) groups excluding carboxylic acids is 2. The summed E-state index contributed by atoms with van der Waals surface area (Å²) >= 11 is 0. The fourth-order valence-corrected chi connectivity index (χ4v) is 1.96. The minimum atomic E-state index is -1.15. The number of urea groups is 1. The number of hydrogen-bond acceptors (Lipinski definition) is 5. The second-order valence-corrected chi connectivity index (χ2v) is 4.52. The van der Waals surface area contributed by atoms with Gasteiger partial charge in [-0.25, -0.2) is 9.59 Å². The van der Waals surface area contributed by atoms with Crippen LogP contribution >= 0.6 is 0 Å². The summed E-state index contributed by atoms with van der Waals surface area (Å²) in [5, 5.41) is 13.9. The van der Waals surface area contributed by atoms with Crippen molar-refractivity contribution in [3.63, 3.8) is 0 Å². The molecule has 1 saturated heterocycles. The van der Waals surface area contributed by atoms with E-state index in [2.05, 4.69) is 10.6 Å². The maximum atomic E-state index is 12.2. The molecule has 9 heteroatoms. The van der Waals surface area contributed by atoms with E-state index in [1.807, 2.05) is 0 Å². The fourth-order valence-electron chi connectivity index (χ4n) is 1.96. The first kappa shape index (κ1) is 17.2. The van der Waals surface area contributed by atoms with Crippen molar-refractivity contribution in [1.82, 2.24) is 15.5 Å². The van der Waals surface area contributed by atoms with Gasteiger partial charge in [-0.3, -0.25) is 4.79 Å². The molecular formula is C12H21N3O6. The number of amides is 3. The number of carboxylic acid groups (broad SMARTS) is 1. The molecule has 0 radical (unpaired) electrons. The molecule has 9 nitrogen and oxygen atoms in total. The molecule has 120 valence electrons. The summed E-state index contributed by atoms with van der Waals surface area (Å²) in [5.41, 5.74) is 0. The molecule has 0 aromatic heterocycles. The average molecular weight is 303 g/mol. The number of carbonyl (C=O) groups is 3. The van der Waals surface area contributed by atoms with Crippen LogP contribution in [0.3, 0.4) is 0 Å². The summed E-state index contributed by atoms with van der Waals surface area (Å²) in [6.45, 7) is 0.819. The van der Waals surface area contributed by atoms with Gasteiger partial charge in [0.15, 0.2) is 0 Å². The highest BCUT2D eigenvalue weighted by molar-refractivity contribution is 5.89. The summed E-state index contributed by atoms with van der Waals surface area (Å²) in [5.74, 6) is -1.50. The van der Waals surface area contributed by atoms with Crippen molar-refractivity contribution in [3.05, 3.63) is 0 Å². The van der Waals surface area contributed by atoms with Crippen LogP contribution in [0, 0.1) is 0 Å². The van der Waals surface area contributed by atoms with Gasteiger partial charge in [-0.05, 0) is 0 Å². The van der Waals surface area contributed by atoms with Crippen LogP contribution in [0.25, 0.3) is 0 Å². The second-order valence-electron chi connectivity index (χ2n) is 4.52. The van der Waals surface area contributed by atoms with Crippen molar-refractivity contribution in [2.75, 3.05) is 40.5 Å². The summed E-state index contributed by atoms with van der Waals surface area (Å²) < 4.78 is 10.00. The molecular weight excluding hydrogens is 282 g/mol. The normalized spacial score (nSPS) is 19.7. The van der Waals surface area contributed by atoms with E-state index in [1.165, 1.54) is 19.1 Å². The van der Waals surface area contributed by atoms with E-state index in [0.29, 0.717) is 6.61 Å². The third-order valence-electron chi connectivity index (χ3n) is 3.14. The zero-order valence-electron chi connectivity index (χ0n) is 12.1. The molecule has 0 aliphatic carbocycles. The Morgan fingerprint density at radius 1 is 1.48 bits per heavy atom. The van der Waals surface area contributed by atoms with E-state index in [1.54, 1.807) is 0 Å². The average Bonchev–Trinajstić information content (AvgIpc) is 2.50. The number of aliphatic carboxylic acids is 1. The highest BCUT2D eigenvalue weighted by atomic mass is 16.5. The Morgan fingerprint density at radius 3 is 2.76 bits per heavy atom. The number of hydrogen-bond donors (Lipinski definition) is 3. The standard InChI is InChI=1S/C12H21N3O6/c1-13-10(16)9-7-21-6-4-15(9)12(19)14-8(11(17)18)3-5-20-2/h8-9H,3-7H2,1-2H3,(H,13,16)(H,14,19)(H,17,18). The molecule has 1 aliphatic rings. The number of rotatable bonds is 6. The summed E-state index contributed by atoms with van der Waals surface area (Å²) in [6, 6.07) is -2.43. The zero-order valence-corrected chi connectivity index (χ0v) is 12.1. The molecule has 21 heavy (non-hydrogen) atoms. The number of ether oxygens (including phenoxy) is 2. The van der Waals surface area contributed by atoms with Crippen LogP contribution in [0.15, 0.2) is 0 Å². The lowest BCUT2D eigenvalue weighted by molar-refractivity contribution is -0.139. The highest BCUT2D eigenvalue weighted by Crippen LogP contribution is 2.08. The predicted molar refractivity (Wildman–Crippen MR) is 71.8 cm³/mol. The molecule has 2 atom stereocenters. The van der Waals surface area contributed by atoms with Crippen LogP contribution in [-0.4, -0.2) is 80.5 Å². The molecule has 2 unspecified atom stereocenters. The zero-order chi connectivity index (χ0) is 15.8. The SMILES string of the molecule is CNC(=O)C1COCCN1C(=O)NC(CCOC)C(=O)O.